The predicted octanol–water partition coefficient (Wildman–Crippen LogP) is 1.46. The van der Waals surface area contributed by atoms with E-state index in [1.165, 1.54) is 12.1 Å². The van der Waals surface area contributed by atoms with Gasteiger partial charge in [0.25, 0.3) is 0 Å². The van der Waals surface area contributed by atoms with Crippen molar-refractivity contribution in [2.24, 2.45) is 0 Å². The number of rotatable bonds is 9. The average Bonchev–Trinajstić information content (AvgIpc) is 2.60. The molecule has 1 N–H and O–H groups in total. The van der Waals surface area contributed by atoms with Gasteiger partial charge in [-0.2, -0.15) is 8.78 Å². The van der Waals surface area contributed by atoms with E-state index >= 15 is 0 Å². The number of carboxylic acid groups (broad SMARTS) is 1. The number of carbonyl (C=O) groups excluding carboxylic acids is 1. The monoisotopic (exact) mass is 386 g/mol. The number of hydrogen-bond acceptors (Lipinski definition) is 5. The van der Waals surface area contributed by atoms with E-state index in [9.17, 15) is 18.4 Å². The van der Waals surface area contributed by atoms with Gasteiger partial charge < -0.3 is 19.5 Å². The highest BCUT2D eigenvalue weighted by Crippen LogP contribution is 2.16. The topological polar surface area (TPSA) is 79.3 Å². The molecule has 0 radical (unpaired) electrons. The van der Waals surface area contributed by atoms with Crippen molar-refractivity contribution in [3.63, 3.8) is 0 Å². The number of amides is 1. The van der Waals surface area contributed by atoms with Gasteiger partial charge in [0, 0.05) is 26.1 Å². The highest BCUT2D eigenvalue weighted by molar-refractivity contribution is 5.76. The third-order valence-electron chi connectivity index (χ3n) is 4.19. The molecule has 1 aromatic rings. The Bertz CT molecular complexity index is 627. The van der Waals surface area contributed by atoms with Gasteiger partial charge in [0.05, 0.1) is 19.3 Å². The molecule has 0 aliphatic carbocycles. The number of aryl methyl sites for hydroxylation is 1. The molecule has 1 unspecified atom stereocenters. The van der Waals surface area contributed by atoms with Crippen molar-refractivity contribution in [1.29, 1.82) is 0 Å². The molecule has 0 saturated carbocycles. The second-order valence-corrected chi connectivity index (χ2v) is 6.45. The number of carboxylic acids is 1. The Morgan fingerprint density at radius 3 is 2.70 bits per heavy atom. The van der Waals surface area contributed by atoms with Gasteiger partial charge in [-0.15, -0.1) is 0 Å². The van der Waals surface area contributed by atoms with Crippen molar-refractivity contribution in [2.45, 2.75) is 25.6 Å². The lowest BCUT2D eigenvalue weighted by Crippen LogP contribution is -2.49. The molecule has 1 aliphatic heterocycles. The first kappa shape index (κ1) is 21.0. The summed E-state index contributed by atoms with van der Waals surface area (Å²) in [7, 11) is 1.69. The molecule has 1 saturated heterocycles. The molecule has 7 nitrogen and oxygen atoms in total. The number of ether oxygens (including phenoxy) is 2. The van der Waals surface area contributed by atoms with Crippen LogP contribution >= 0.6 is 0 Å². The van der Waals surface area contributed by atoms with Crippen LogP contribution in [0.4, 0.5) is 8.78 Å². The minimum absolute atomic E-state index is 0.0166. The fourth-order valence-corrected chi connectivity index (χ4v) is 2.95. The van der Waals surface area contributed by atoms with E-state index in [1.54, 1.807) is 29.0 Å². The molecule has 0 aromatic heterocycles. The van der Waals surface area contributed by atoms with Crippen LogP contribution in [0, 0.1) is 0 Å². The zero-order chi connectivity index (χ0) is 19.8. The Hall–Kier alpha value is -2.26. The average molecular weight is 386 g/mol. The fraction of sp³-hybridized carbons (Fsp3) is 0.556. The van der Waals surface area contributed by atoms with Crippen LogP contribution in [0.3, 0.4) is 0 Å². The summed E-state index contributed by atoms with van der Waals surface area (Å²) in [5.41, 5.74) is 0.857. The van der Waals surface area contributed by atoms with Crippen molar-refractivity contribution in [3.05, 3.63) is 29.8 Å². The number of halogens is 2. The molecular weight excluding hydrogens is 362 g/mol. The zero-order valence-corrected chi connectivity index (χ0v) is 15.1. The van der Waals surface area contributed by atoms with Crippen LogP contribution in [0.2, 0.25) is 0 Å². The molecule has 2 rings (SSSR count). The number of likely N-dealkylation sites (N-methyl/N-ethyl adjacent to an activating group) is 1. The molecule has 0 bridgehead atoms. The van der Waals surface area contributed by atoms with E-state index < -0.39 is 12.6 Å². The second kappa shape index (κ2) is 10.2. The maximum Gasteiger partial charge on any atom is 0.387 e. The highest BCUT2D eigenvalue weighted by atomic mass is 19.3. The Morgan fingerprint density at radius 1 is 1.37 bits per heavy atom. The number of alkyl halides is 2. The quantitative estimate of drug-likeness (QED) is 0.692. The van der Waals surface area contributed by atoms with Crippen molar-refractivity contribution in [1.82, 2.24) is 9.80 Å². The summed E-state index contributed by atoms with van der Waals surface area (Å²) >= 11 is 0. The maximum atomic E-state index is 12.4. The van der Waals surface area contributed by atoms with Crippen LogP contribution in [0.25, 0.3) is 0 Å². The Morgan fingerprint density at radius 2 is 2.07 bits per heavy atom. The fourth-order valence-electron chi connectivity index (χ4n) is 2.95. The first-order valence-corrected chi connectivity index (χ1v) is 8.67. The molecular formula is C18H24F2N2O5. The van der Waals surface area contributed by atoms with Gasteiger partial charge in [-0.05, 0) is 31.2 Å². The Labute approximate surface area is 156 Å². The van der Waals surface area contributed by atoms with Crippen LogP contribution in [0.15, 0.2) is 24.3 Å². The second-order valence-electron chi connectivity index (χ2n) is 6.45. The lowest BCUT2D eigenvalue weighted by Gasteiger charge is -2.34. The van der Waals surface area contributed by atoms with Crippen molar-refractivity contribution in [3.8, 4) is 5.75 Å². The molecule has 0 spiro atoms. The van der Waals surface area contributed by atoms with Gasteiger partial charge in [-0.3, -0.25) is 14.5 Å². The number of aliphatic carboxylic acids is 1. The van der Waals surface area contributed by atoms with Crippen LogP contribution in [0.1, 0.15) is 12.0 Å². The molecule has 1 aliphatic rings. The van der Waals surface area contributed by atoms with Crippen LogP contribution in [-0.4, -0.2) is 79.3 Å². The minimum Gasteiger partial charge on any atom is -0.480 e. The SMILES string of the molecule is CN(CC(=O)O)CC1CN(C(=O)CCc2ccc(OC(F)F)cc2)CCO1. The predicted molar refractivity (Wildman–Crippen MR) is 92.8 cm³/mol. The normalized spacial score (nSPS) is 17.4. The summed E-state index contributed by atoms with van der Waals surface area (Å²) < 4.78 is 34.2. The van der Waals surface area contributed by atoms with Crippen LogP contribution < -0.4 is 4.74 Å². The first-order chi connectivity index (χ1) is 12.8. The Kier molecular flexibility index (Phi) is 7.93. The lowest BCUT2D eigenvalue weighted by atomic mass is 10.1. The molecule has 1 atom stereocenters. The van der Waals surface area contributed by atoms with Crippen LogP contribution in [-0.2, 0) is 20.7 Å². The van der Waals surface area contributed by atoms with E-state index in [4.69, 9.17) is 9.84 Å². The molecule has 9 heteroatoms. The summed E-state index contributed by atoms with van der Waals surface area (Å²) in [5.74, 6) is -0.843. The Balaban J connectivity index is 1.78. The van der Waals surface area contributed by atoms with E-state index in [-0.39, 0.29) is 24.3 Å². The number of morpholine rings is 1. The smallest absolute Gasteiger partial charge is 0.387 e. The zero-order valence-electron chi connectivity index (χ0n) is 15.1. The lowest BCUT2D eigenvalue weighted by molar-refractivity contribution is -0.142. The number of benzene rings is 1. The standard InChI is InChI=1S/C18H24F2N2O5/c1-21(12-17(24)25)10-15-11-22(8-9-26-15)16(23)7-4-13-2-5-14(6-3-13)27-18(19)20/h2-3,5-6,15,18H,4,7-12H2,1H3,(H,24,25). The third-order valence-corrected chi connectivity index (χ3v) is 4.19. The van der Waals surface area contributed by atoms with Crippen molar-refractivity contribution in [2.75, 3.05) is 39.8 Å². The summed E-state index contributed by atoms with van der Waals surface area (Å²) in [6.07, 6.45) is 0.569. The third kappa shape index (κ3) is 7.48. The van der Waals surface area contributed by atoms with E-state index in [0.29, 0.717) is 39.1 Å². The molecule has 1 heterocycles. The van der Waals surface area contributed by atoms with Gasteiger partial charge in [-0.1, -0.05) is 12.1 Å². The van der Waals surface area contributed by atoms with Crippen molar-refractivity contribution >= 4 is 11.9 Å². The summed E-state index contributed by atoms with van der Waals surface area (Å²) in [5, 5.41) is 8.80. The summed E-state index contributed by atoms with van der Waals surface area (Å²) in [6, 6.07) is 6.23. The summed E-state index contributed by atoms with van der Waals surface area (Å²) in [6.45, 7) is -1.18. The molecule has 1 amide bonds. The minimum atomic E-state index is -2.86. The molecule has 1 aromatic carbocycles. The number of hydrogen-bond donors (Lipinski definition) is 1. The molecule has 27 heavy (non-hydrogen) atoms. The number of carbonyl (C=O) groups is 2. The van der Waals surface area contributed by atoms with Gasteiger partial charge in [0.1, 0.15) is 5.75 Å². The van der Waals surface area contributed by atoms with E-state index in [2.05, 4.69) is 4.74 Å². The van der Waals surface area contributed by atoms with Gasteiger partial charge in [0.15, 0.2) is 0 Å². The summed E-state index contributed by atoms with van der Waals surface area (Å²) in [4.78, 5) is 26.5. The first-order valence-electron chi connectivity index (χ1n) is 8.67. The van der Waals surface area contributed by atoms with Crippen LogP contribution in [0.5, 0.6) is 5.75 Å². The largest absolute Gasteiger partial charge is 0.480 e. The maximum absolute atomic E-state index is 12.4. The van der Waals surface area contributed by atoms with Crippen molar-refractivity contribution < 1.29 is 33.0 Å². The highest BCUT2D eigenvalue weighted by Gasteiger charge is 2.25. The van der Waals surface area contributed by atoms with Gasteiger partial charge in [-0.25, -0.2) is 0 Å². The van der Waals surface area contributed by atoms with Gasteiger partial charge >= 0.3 is 12.6 Å². The van der Waals surface area contributed by atoms with Gasteiger partial charge in [0.2, 0.25) is 5.91 Å². The number of nitrogens with zero attached hydrogens (tertiary/aromatic N) is 2. The van der Waals surface area contributed by atoms with E-state index in [1.807, 2.05) is 0 Å². The molecule has 150 valence electrons. The molecule has 1 fully saturated rings. The van der Waals surface area contributed by atoms with E-state index in [0.717, 1.165) is 5.56 Å².